The molecule has 0 aliphatic carbocycles. The molecule has 13 heavy (non-hydrogen) atoms. The highest BCUT2D eigenvalue weighted by atomic mass is 35.5. The van der Waals surface area contributed by atoms with E-state index in [0.29, 0.717) is 5.38 Å². The Kier molecular flexibility index (Phi) is 6.25. The summed E-state index contributed by atoms with van der Waals surface area (Å²) in [6.07, 6.45) is 4.50. The lowest BCUT2D eigenvalue weighted by atomic mass is 9.89. The summed E-state index contributed by atoms with van der Waals surface area (Å²) in [6, 6.07) is 0. The quantitative estimate of drug-likeness (QED) is 0.362. The molecule has 0 heterocycles. The first-order valence-electron chi connectivity index (χ1n) is 5.02. The third kappa shape index (κ3) is 6.96. The molecule has 0 bridgehead atoms. The van der Waals surface area contributed by atoms with Gasteiger partial charge in [-0.2, -0.15) is 0 Å². The van der Waals surface area contributed by atoms with Gasteiger partial charge in [-0.3, -0.25) is 0 Å². The molecule has 1 unspecified atom stereocenters. The van der Waals surface area contributed by atoms with Crippen LogP contribution in [0, 0.1) is 17.3 Å². The van der Waals surface area contributed by atoms with Gasteiger partial charge in [0.25, 0.3) is 0 Å². The van der Waals surface area contributed by atoms with E-state index in [1.54, 1.807) is 0 Å². The summed E-state index contributed by atoms with van der Waals surface area (Å²) >= 11 is 6.23. The molecule has 0 radical (unpaired) electrons. The number of rotatable bonds is 4. The van der Waals surface area contributed by atoms with E-state index in [9.17, 15) is 0 Å². The minimum atomic E-state index is 0.234. The standard InChI is InChI=1S/C12H21Cl/c1-5-6-7-8-9-10-11(13)12(2,3)4/h11H,7-10H2,1-4H3. The molecule has 0 saturated carbocycles. The number of halogens is 1. The van der Waals surface area contributed by atoms with Gasteiger partial charge in [0.05, 0.1) is 0 Å². The summed E-state index contributed by atoms with van der Waals surface area (Å²) in [5, 5.41) is 0.294. The Morgan fingerprint density at radius 3 is 2.31 bits per heavy atom. The maximum Gasteiger partial charge on any atom is 0.0384 e. The van der Waals surface area contributed by atoms with Gasteiger partial charge >= 0.3 is 0 Å². The van der Waals surface area contributed by atoms with Crippen molar-refractivity contribution in [1.82, 2.24) is 0 Å². The molecule has 0 aliphatic rings. The molecule has 0 nitrogen and oxygen atoms in total. The summed E-state index contributed by atoms with van der Waals surface area (Å²) in [7, 11) is 0. The van der Waals surface area contributed by atoms with Gasteiger partial charge in [0, 0.05) is 11.8 Å². The van der Waals surface area contributed by atoms with Crippen LogP contribution in [-0.2, 0) is 0 Å². The van der Waals surface area contributed by atoms with Gasteiger partial charge in [-0.05, 0) is 25.2 Å². The Morgan fingerprint density at radius 1 is 1.23 bits per heavy atom. The fourth-order valence-corrected chi connectivity index (χ4v) is 1.25. The smallest absolute Gasteiger partial charge is 0.0384 e. The Hall–Kier alpha value is -0.150. The van der Waals surface area contributed by atoms with Crippen molar-refractivity contribution in [2.45, 2.75) is 58.8 Å². The van der Waals surface area contributed by atoms with E-state index >= 15 is 0 Å². The number of hydrogen-bond donors (Lipinski definition) is 0. The average Bonchev–Trinajstić information content (AvgIpc) is 2.02. The largest absolute Gasteiger partial charge is 0.122 e. The fourth-order valence-electron chi connectivity index (χ4n) is 1.09. The first kappa shape index (κ1) is 12.8. The fraction of sp³-hybridized carbons (Fsp3) is 0.833. The van der Waals surface area contributed by atoms with Gasteiger partial charge in [0.2, 0.25) is 0 Å². The predicted octanol–water partition coefficient (Wildman–Crippen LogP) is 4.22. The van der Waals surface area contributed by atoms with Crippen molar-refractivity contribution in [3.8, 4) is 11.8 Å². The van der Waals surface area contributed by atoms with E-state index in [0.717, 1.165) is 12.8 Å². The number of alkyl halides is 1. The Balaban J connectivity index is 3.46. The summed E-state index contributed by atoms with van der Waals surface area (Å²) in [5.41, 5.74) is 0.234. The molecule has 0 saturated heterocycles. The number of hydrogen-bond acceptors (Lipinski definition) is 0. The molecule has 1 atom stereocenters. The van der Waals surface area contributed by atoms with Gasteiger partial charge in [-0.15, -0.1) is 23.4 Å². The van der Waals surface area contributed by atoms with Gasteiger partial charge in [-0.25, -0.2) is 0 Å². The summed E-state index contributed by atoms with van der Waals surface area (Å²) in [6.45, 7) is 8.46. The molecule has 0 fully saturated rings. The van der Waals surface area contributed by atoms with Crippen LogP contribution in [0.2, 0.25) is 0 Å². The predicted molar refractivity (Wildman–Crippen MR) is 61.0 cm³/mol. The zero-order valence-electron chi connectivity index (χ0n) is 9.28. The zero-order chi connectivity index (χ0) is 10.3. The SMILES string of the molecule is CC#CCCCCC(Cl)C(C)(C)C. The second-order valence-electron chi connectivity index (χ2n) is 4.51. The van der Waals surface area contributed by atoms with E-state index < -0.39 is 0 Å². The van der Waals surface area contributed by atoms with Crippen LogP contribution < -0.4 is 0 Å². The zero-order valence-corrected chi connectivity index (χ0v) is 10.0. The monoisotopic (exact) mass is 200 g/mol. The maximum absolute atomic E-state index is 6.23. The minimum absolute atomic E-state index is 0.234. The number of unbranched alkanes of at least 4 members (excludes halogenated alkanes) is 2. The van der Waals surface area contributed by atoms with Crippen LogP contribution in [0.3, 0.4) is 0 Å². The highest BCUT2D eigenvalue weighted by molar-refractivity contribution is 6.21. The molecule has 76 valence electrons. The molecule has 1 heteroatoms. The molecule has 0 aromatic heterocycles. The molecule has 0 aromatic rings. The maximum atomic E-state index is 6.23. The third-order valence-electron chi connectivity index (χ3n) is 2.13. The summed E-state index contributed by atoms with van der Waals surface area (Å²) < 4.78 is 0. The van der Waals surface area contributed by atoms with E-state index in [4.69, 9.17) is 11.6 Å². The van der Waals surface area contributed by atoms with Crippen molar-refractivity contribution in [3.05, 3.63) is 0 Å². The van der Waals surface area contributed by atoms with Crippen LogP contribution >= 0.6 is 11.6 Å². The summed E-state index contributed by atoms with van der Waals surface area (Å²) in [5.74, 6) is 5.97. The highest BCUT2D eigenvalue weighted by Crippen LogP contribution is 2.28. The molecule has 0 N–H and O–H groups in total. The third-order valence-corrected chi connectivity index (χ3v) is 3.00. The molecular weight excluding hydrogens is 180 g/mol. The molecule has 0 spiro atoms. The van der Waals surface area contributed by atoms with E-state index in [1.165, 1.54) is 12.8 Å². The highest BCUT2D eigenvalue weighted by Gasteiger charge is 2.21. The Morgan fingerprint density at radius 2 is 1.85 bits per heavy atom. The lowest BCUT2D eigenvalue weighted by molar-refractivity contribution is 0.367. The molecule has 0 aromatic carbocycles. The molecular formula is C12H21Cl. The average molecular weight is 201 g/mol. The van der Waals surface area contributed by atoms with Crippen molar-refractivity contribution in [2.75, 3.05) is 0 Å². The van der Waals surface area contributed by atoms with Crippen LogP contribution in [-0.4, -0.2) is 5.38 Å². The van der Waals surface area contributed by atoms with E-state index in [2.05, 4.69) is 32.6 Å². The van der Waals surface area contributed by atoms with E-state index in [1.807, 2.05) is 6.92 Å². The normalized spacial score (nSPS) is 13.3. The van der Waals surface area contributed by atoms with Crippen molar-refractivity contribution in [2.24, 2.45) is 5.41 Å². The van der Waals surface area contributed by atoms with Gasteiger partial charge in [0.15, 0.2) is 0 Å². The Bertz CT molecular complexity index is 178. The van der Waals surface area contributed by atoms with Gasteiger partial charge in [0.1, 0.15) is 0 Å². The van der Waals surface area contributed by atoms with Crippen LogP contribution in [0.1, 0.15) is 53.4 Å². The Labute approximate surface area is 88.1 Å². The van der Waals surface area contributed by atoms with Gasteiger partial charge < -0.3 is 0 Å². The van der Waals surface area contributed by atoms with Crippen molar-refractivity contribution in [3.63, 3.8) is 0 Å². The molecule has 0 amide bonds. The molecule has 0 rings (SSSR count). The van der Waals surface area contributed by atoms with Crippen LogP contribution in [0.15, 0.2) is 0 Å². The van der Waals surface area contributed by atoms with E-state index in [-0.39, 0.29) is 5.41 Å². The van der Waals surface area contributed by atoms with Crippen LogP contribution in [0.25, 0.3) is 0 Å². The van der Waals surface area contributed by atoms with Crippen LogP contribution in [0.5, 0.6) is 0 Å². The minimum Gasteiger partial charge on any atom is -0.122 e. The summed E-state index contributed by atoms with van der Waals surface area (Å²) in [4.78, 5) is 0. The van der Waals surface area contributed by atoms with Crippen molar-refractivity contribution >= 4 is 11.6 Å². The van der Waals surface area contributed by atoms with Gasteiger partial charge in [-0.1, -0.05) is 27.2 Å². The first-order valence-corrected chi connectivity index (χ1v) is 5.46. The van der Waals surface area contributed by atoms with Crippen molar-refractivity contribution in [1.29, 1.82) is 0 Å². The second-order valence-corrected chi connectivity index (χ2v) is 5.03. The lowest BCUT2D eigenvalue weighted by Crippen LogP contribution is -2.20. The molecule has 0 aliphatic heterocycles. The lowest BCUT2D eigenvalue weighted by Gasteiger charge is -2.24. The first-order chi connectivity index (χ1) is 5.98. The van der Waals surface area contributed by atoms with Crippen molar-refractivity contribution < 1.29 is 0 Å². The second kappa shape index (κ2) is 6.33. The topological polar surface area (TPSA) is 0 Å². The van der Waals surface area contributed by atoms with Crippen LogP contribution in [0.4, 0.5) is 0 Å².